The molecule has 6 nitrogen and oxygen atoms in total. The Bertz CT molecular complexity index is 916. The largest absolute Gasteiger partial charge is 0.276 e. The van der Waals surface area contributed by atoms with Crippen LogP contribution in [0.25, 0.3) is 11.3 Å². The third-order valence-corrected chi connectivity index (χ3v) is 4.79. The number of aromatic nitrogens is 3. The normalized spacial score (nSPS) is 11.4. The van der Waals surface area contributed by atoms with Crippen molar-refractivity contribution >= 4 is 10.0 Å². The molecule has 1 N–H and O–H groups in total. The minimum atomic E-state index is -3.71. The highest BCUT2D eigenvalue weighted by atomic mass is 32.2. The van der Waals surface area contributed by atoms with E-state index < -0.39 is 10.0 Å². The second-order valence-corrected chi connectivity index (χ2v) is 6.87. The van der Waals surface area contributed by atoms with Crippen LogP contribution in [0, 0.1) is 13.8 Å². The number of nitrogens with one attached hydrogen (secondary N) is 1. The second kappa shape index (κ2) is 5.85. The van der Waals surface area contributed by atoms with Gasteiger partial charge in [-0.25, -0.2) is 0 Å². The zero-order valence-electron chi connectivity index (χ0n) is 12.8. The summed E-state index contributed by atoms with van der Waals surface area (Å²) in [6.45, 7) is 3.66. The van der Waals surface area contributed by atoms with Crippen molar-refractivity contribution in [1.29, 1.82) is 0 Å². The molecule has 0 fully saturated rings. The van der Waals surface area contributed by atoms with Gasteiger partial charge in [-0.05, 0) is 31.2 Å². The summed E-state index contributed by atoms with van der Waals surface area (Å²) in [4.78, 5) is 3.79. The SMILES string of the molecule is Cc1ccc(S(=O)(=O)Nn2nnc(-c3ccccc3)c2C)cc1. The van der Waals surface area contributed by atoms with Gasteiger partial charge in [0.1, 0.15) is 5.69 Å². The van der Waals surface area contributed by atoms with E-state index in [-0.39, 0.29) is 4.90 Å². The number of rotatable bonds is 4. The molecule has 0 unspecified atom stereocenters. The summed E-state index contributed by atoms with van der Waals surface area (Å²) in [6, 6.07) is 16.1. The smallest absolute Gasteiger partial charge is 0.200 e. The molecule has 0 amide bonds. The molecule has 1 heterocycles. The molecule has 1 aromatic heterocycles. The van der Waals surface area contributed by atoms with E-state index in [1.54, 1.807) is 31.2 Å². The highest BCUT2D eigenvalue weighted by Gasteiger charge is 2.18. The van der Waals surface area contributed by atoms with E-state index in [1.807, 2.05) is 37.3 Å². The summed E-state index contributed by atoms with van der Waals surface area (Å²) in [5, 5.41) is 7.96. The minimum Gasteiger partial charge on any atom is -0.200 e. The van der Waals surface area contributed by atoms with Crippen LogP contribution in [0.1, 0.15) is 11.3 Å². The highest BCUT2D eigenvalue weighted by molar-refractivity contribution is 7.92. The summed E-state index contributed by atoms with van der Waals surface area (Å²) < 4.78 is 24.8. The molecule has 3 rings (SSSR count). The van der Waals surface area contributed by atoms with Gasteiger partial charge in [0.15, 0.2) is 0 Å². The van der Waals surface area contributed by atoms with Crippen LogP contribution in [0.15, 0.2) is 59.5 Å². The summed E-state index contributed by atoms with van der Waals surface area (Å²) in [6.07, 6.45) is 0. The molecule has 0 radical (unpaired) electrons. The lowest BCUT2D eigenvalue weighted by Crippen LogP contribution is -2.25. The Balaban J connectivity index is 1.92. The van der Waals surface area contributed by atoms with Gasteiger partial charge < -0.3 is 0 Å². The molecule has 7 heteroatoms. The lowest BCUT2D eigenvalue weighted by molar-refractivity contribution is 0.588. The van der Waals surface area contributed by atoms with E-state index in [4.69, 9.17) is 0 Å². The lowest BCUT2D eigenvalue weighted by Gasteiger charge is -2.09. The van der Waals surface area contributed by atoms with Crippen LogP contribution < -0.4 is 4.83 Å². The van der Waals surface area contributed by atoms with Gasteiger partial charge in [0.25, 0.3) is 10.0 Å². The molecule has 0 spiro atoms. The summed E-state index contributed by atoms with van der Waals surface area (Å²) in [7, 11) is -3.71. The van der Waals surface area contributed by atoms with Crippen molar-refractivity contribution < 1.29 is 8.42 Å². The number of nitrogens with zero attached hydrogens (tertiary/aromatic N) is 3. The first-order valence-electron chi connectivity index (χ1n) is 7.04. The third kappa shape index (κ3) is 3.09. The van der Waals surface area contributed by atoms with Gasteiger partial charge in [0.05, 0.1) is 10.6 Å². The maximum Gasteiger partial charge on any atom is 0.276 e. The van der Waals surface area contributed by atoms with Crippen LogP contribution in [-0.2, 0) is 10.0 Å². The topological polar surface area (TPSA) is 76.9 Å². The molecular formula is C16H16N4O2S. The molecule has 0 saturated carbocycles. The van der Waals surface area contributed by atoms with Crippen LogP contribution >= 0.6 is 0 Å². The fourth-order valence-electron chi connectivity index (χ4n) is 2.16. The van der Waals surface area contributed by atoms with Crippen molar-refractivity contribution in [2.75, 3.05) is 4.83 Å². The summed E-state index contributed by atoms with van der Waals surface area (Å²) in [5.41, 5.74) is 3.13. The fraction of sp³-hybridized carbons (Fsp3) is 0.125. The Hall–Kier alpha value is -2.67. The van der Waals surface area contributed by atoms with Gasteiger partial charge in [-0.15, -0.1) is 9.89 Å². The molecule has 0 aliphatic rings. The predicted octanol–water partition coefficient (Wildman–Crippen LogP) is 2.49. The van der Waals surface area contributed by atoms with Gasteiger partial charge in [-0.2, -0.15) is 13.2 Å². The van der Waals surface area contributed by atoms with Crippen LogP contribution in [0.4, 0.5) is 0 Å². The van der Waals surface area contributed by atoms with E-state index in [0.717, 1.165) is 11.1 Å². The van der Waals surface area contributed by atoms with Crippen molar-refractivity contribution in [2.45, 2.75) is 18.7 Å². The maximum atomic E-state index is 12.4. The van der Waals surface area contributed by atoms with Gasteiger partial charge >= 0.3 is 0 Å². The number of hydrogen-bond acceptors (Lipinski definition) is 4. The first-order valence-corrected chi connectivity index (χ1v) is 8.53. The van der Waals surface area contributed by atoms with E-state index in [2.05, 4.69) is 15.1 Å². The van der Waals surface area contributed by atoms with Crippen molar-refractivity contribution in [3.05, 3.63) is 65.9 Å². The Labute approximate surface area is 134 Å². The number of hydrogen-bond donors (Lipinski definition) is 1. The molecule has 0 aliphatic carbocycles. The quantitative estimate of drug-likeness (QED) is 0.798. The van der Waals surface area contributed by atoms with E-state index in [1.165, 1.54) is 4.79 Å². The van der Waals surface area contributed by atoms with Crippen LogP contribution in [0.2, 0.25) is 0 Å². The molecule has 0 aliphatic heterocycles. The molecule has 2 aromatic carbocycles. The second-order valence-electron chi connectivity index (χ2n) is 5.21. The first kappa shape index (κ1) is 15.2. The Morgan fingerprint density at radius 2 is 1.61 bits per heavy atom. The molecule has 0 bridgehead atoms. The third-order valence-electron chi connectivity index (χ3n) is 3.48. The minimum absolute atomic E-state index is 0.180. The van der Waals surface area contributed by atoms with Crippen LogP contribution in [-0.4, -0.2) is 23.5 Å². The van der Waals surface area contributed by atoms with Crippen molar-refractivity contribution in [3.8, 4) is 11.3 Å². The maximum absolute atomic E-state index is 12.4. The molecule has 3 aromatic rings. The fourth-order valence-corrected chi connectivity index (χ4v) is 3.16. The Morgan fingerprint density at radius 3 is 2.26 bits per heavy atom. The zero-order valence-corrected chi connectivity index (χ0v) is 13.6. The van der Waals surface area contributed by atoms with E-state index >= 15 is 0 Å². The zero-order chi connectivity index (χ0) is 16.4. The van der Waals surface area contributed by atoms with Crippen LogP contribution in [0.3, 0.4) is 0 Å². The monoisotopic (exact) mass is 328 g/mol. The van der Waals surface area contributed by atoms with Crippen LogP contribution in [0.5, 0.6) is 0 Å². The number of benzene rings is 2. The van der Waals surface area contributed by atoms with E-state index in [0.29, 0.717) is 11.4 Å². The average molecular weight is 328 g/mol. The highest BCUT2D eigenvalue weighted by Crippen LogP contribution is 2.20. The average Bonchev–Trinajstić information content (AvgIpc) is 2.89. The Kier molecular flexibility index (Phi) is 3.87. The van der Waals surface area contributed by atoms with Gasteiger partial charge in [0.2, 0.25) is 0 Å². The van der Waals surface area contributed by atoms with Crippen molar-refractivity contribution in [1.82, 2.24) is 15.1 Å². The van der Waals surface area contributed by atoms with Crippen molar-refractivity contribution in [2.24, 2.45) is 0 Å². The lowest BCUT2D eigenvalue weighted by atomic mass is 10.1. The molecule has 0 atom stereocenters. The Morgan fingerprint density at radius 1 is 0.957 bits per heavy atom. The van der Waals surface area contributed by atoms with E-state index in [9.17, 15) is 8.42 Å². The molecule has 0 saturated heterocycles. The summed E-state index contributed by atoms with van der Waals surface area (Å²) >= 11 is 0. The first-order chi connectivity index (χ1) is 11.0. The van der Waals surface area contributed by atoms with Crippen molar-refractivity contribution in [3.63, 3.8) is 0 Å². The number of sulfonamides is 1. The standard InChI is InChI=1S/C16H16N4O2S/c1-12-8-10-15(11-9-12)23(21,22)19-20-13(2)16(17-18-20)14-6-4-3-5-7-14/h3-11,19H,1-2H3. The number of aryl methyl sites for hydroxylation is 1. The summed E-state index contributed by atoms with van der Waals surface area (Å²) in [5.74, 6) is 0. The molecule has 23 heavy (non-hydrogen) atoms. The predicted molar refractivity (Wildman–Crippen MR) is 87.9 cm³/mol. The molecular weight excluding hydrogens is 312 g/mol. The van der Waals surface area contributed by atoms with Gasteiger partial charge in [-0.1, -0.05) is 48.0 Å². The van der Waals surface area contributed by atoms with Gasteiger partial charge in [-0.3, -0.25) is 0 Å². The van der Waals surface area contributed by atoms with Gasteiger partial charge in [0, 0.05) is 5.56 Å². The molecule has 118 valence electrons.